The van der Waals surface area contributed by atoms with Crippen molar-refractivity contribution in [2.75, 3.05) is 4.81 Å². The number of hydrogen-bond acceptors (Lipinski definition) is 1. The number of aromatic nitrogens is 1. The molecular formula is C52H33BN2. The fourth-order valence-electron chi connectivity index (χ4n) is 9.63. The molecule has 3 heteroatoms. The van der Waals surface area contributed by atoms with Gasteiger partial charge in [-0.05, 0) is 115 Å². The smallest absolute Gasteiger partial charge is 0.333 e. The molecule has 0 N–H and O–H groups in total. The van der Waals surface area contributed by atoms with E-state index in [0.29, 0.717) is 0 Å². The summed E-state index contributed by atoms with van der Waals surface area (Å²) in [6, 6.07) is 74.0. The zero-order valence-electron chi connectivity index (χ0n) is 30.0. The maximum absolute atomic E-state index is 2.58. The van der Waals surface area contributed by atoms with Crippen molar-refractivity contribution in [1.29, 1.82) is 0 Å². The van der Waals surface area contributed by atoms with Crippen LogP contribution in [0, 0.1) is 0 Å². The molecule has 0 radical (unpaired) electrons. The van der Waals surface area contributed by atoms with Crippen molar-refractivity contribution in [2.45, 2.75) is 0 Å². The lowest BCUT2D eigenvalue weighted by Gasteiger charge is -2.42. The molecule has 0 spiro atoms. The van der Waals surface area contributed by atoms with Crippen LogP contribution in [-0.2, 0) is 0 Å². The lowest BCUT2D eigenvalue weighted by atomic mass is 9.44. The van der Waals surface area contributed by atoms with Gasteiger partial charge in [0.05, 0.1) is 11.0 Å². The third kappa shape index (κ3) is 4.38. The van der Waals surface area contributed by atoms with Crippen LogP contribution >= 0.6 is 0 Å². The van der Waals surface area contributed by atoms with Gasteiger partial charge in [0, 0.05) is 33.4 Å². The van der Waals surface area contributed by atoms with Crippen LogP contribution in [0.25, 0.3) is 82.8 Å². The van der Waals surface area contributed by atoms with Crippen molar-refractivity contribution in [3.8, 4) is 50.2 Å². The third-order valence-corrected chi connectivity index (χ3v) is 11.9. The van der Waals surface area contributed by atoms with Crippen LogP contribution in [-0.4, -0.2) is 11.4 Å². The molecule has 12 rings (SSSR count). The van der Waals surface area contributed by atoms with E-state index in [4.69, 9.17) is 0 Å². The Morgan fingerprint density at radius 3 is 1.73 bits per heavy atom. The zero-order valence-corrected chi connectivity index (χ0v) is 30.0. The van der Waals surface area contributed by atoms with Gasteiger partial charge >= 0.3 is 6.85 Å². The molecule has 9 aromatic carbocycles. The van der Waals surface area contributed by atoms with E-state index in [0.717, 1.165) is 0 Å². The quantitative estimate of drug-likeness (QED) is 0.166. The first-order valence-electron chi connectivity index (χ1n) is 19.1. The molecule has 0 amide bonds. The van der Waals surface area contributed by atoms with Crippen molar-refractivity contribution >= 4 is 61.7 Å². The van der Waals surface area contributed by atoms with E-state index in [1.807, 2.05) is 0 Å². The highest BCUT2D eigenvalue weighted by Gasteiger charge is 2.44. The topological polar surface area (TPSA) is 8.17 Å². The van der Waals surface area contributed by atoms with Gasteiger partial charge in [-0.3, -0.25) is 0 Å². The SMILES string of the molecule is c1ccc(-c2cc(-c3ccccc3)cc(-c3cc4c5c6c3c3c7ccccc7ccc3n6-c3ccccc3B5N(c3ccccc3)c3ccccc3-4)c2)cc1. The number of rotatable bonds is 4. The number of hydrogen-bond donors (Lipinski definition) is 0. The molecule has 2 aliphatic rings. The molecular weight excluding hydrogens is 663 g/mol. The summed E-state index contributed by atoms with van der Waals surface area (Å²) in [7, 11) is 0. The van der Waals surface area contributed by atoms with Gasteiger partial charge in [-0.1, -0.05) is 146 Å². The van der Waals surface area contributed by atoms with E-state index in [1.54, 1.807) is 0 Å². The summed E-state index contributed by atoms with van der Waals surface area (Å²) in [5, 5.41) is 5.14. The van der Waals surface area contributed by atoms with Crippen LogP contribution in [0.1, 0.15) is 0 Å². The van der Waals surface area contributed by atoms with Crippen LogP contribution in [0.5, 0.6) is 0 Å². The highest BCUT2D eigenvalue weighted by atomic mass is 15.1. The monoisotopic (exact) mass is 696 g/mol. The Kier molecular flexibility index (Phi) is 6.46. The number of benzene rings is 9. The lowest BCUT2D eigenvalue weighted by molar-refractivity contribution is 1.18. The van der Waals surface area contributed by atoms with Crippen molar-refractivity contribution in [3.63, 3.8) is 0 Å². The van der Waals surface area contributed by atoms with E-state index in [2.05, 4.69) is 210 Å². The van der Waals surface area contributed by atoms with Gasteiger partial charge in [0.1, 0.15) is 0 Å². The Hall–Kier alpha value is -7.10. The first kappa shape index (κ1) is 30.4. The van der Waals surface area contributed by atoms with Crippen molar-refractivity contribution in [1.82, 2.24) is 4.57 Å². The second kappa shape index (κ2) is 11.7. The molecule has 2 aliphatic heterocycles. The van der Waals surface area contributed by atoms with Gasteiger partial charge < -0.3 is 9.38 Å². The predicted octanol–water partition coefficient (Wildman–Crippen LogP) is 12.2. The molecule has 2 nitrogen and oxygen atoms in total. The number of nitrogens with zero attached hydrogens (tertiary/aromatic N) is 2. The molecule has 0 saturated heterocycles. The molecule has 254 valence electrons. The Morgan fingerprint density at radius 2 is 0.982 bits per heavy atom. The van der Waals surface area contributed by atoms with Gasteiger partial charge in [-0.2, -0.15) is 0 Å². The van der Waals surface area contributed by atoms with E-state index >= 15 is 0 Å². The molecule has 10 aromatic rings. The fraction of sp³-hybridized carbons (Fsp3) is 0. The highest BCUT2D eigenvalue weighted by Crippen LogP contribution is 2.49. The van der Waals surface area contributed by atoms with E-state index in [-0.39, 0.29) is 6.85 Å². The van der Waals surface area contributed by atoms with Crippen LogP contribution < -0.4 is 15.7 Å². The normalized spacial score (nSPS) is 12.7. The largest absolute Gasteiger partial charge is 0.376 e. The van der Waals surface area contributed by atoms with Gasteiger partial charge in [0.25, 0.3) is 0 Å². The second-order valence-corrected chi connectivity index (χ2v) is 14.8. The van der Waals surface area contributed by atoms with Crippen LogP contribution in [0.2, 0.25) is 0 Å². The molecule has 0 aliphatic carbocycles. The molecule has 0 unspecified atom stereocenters. The highest BCUT2D eigenvalue weighted by molar-refractivity contribution is 6.93. The molecule has 0 atom stereocenters. The Balaban J connectivity index is 1.30. The summed E-state index contributed by atoms with van der Waals surface area (Å²) in [5.74, 6) is 0. The summed E-state index contributed by atoms with van der Waals surface area (Å²) < 4.78 is 2.58. The standard InChI is InChI=1S/C52H33BN2/c1-4-16-34(17-5-1)37-30-38(35-18-6-2-7-19-35)32-39(31-37)43-33-44-42-24-12-14-26-46(42)55(40-21-8-3-9-22-40)53-45-25-13-15-27-47(45)54-48-29-28-36-20-10-11-23-41(36)49(48)50(43)52(54)51(44)53/h1-33H. The minimum Gasteiger partial charge on any atom is -0.376 e. The summed E-state index contributed by atoms with van der Waals surface area (Å²) in [6.45, 7) is -0.0151. The van der Waals surface area contributed by atoms with Crippen molar-refractivity contribution in [2.24, 2.45) is 0 Å². The lowest BCUT2D eigenvalue weighted by Crippen LogP contribution is -2.60. The Bertz CT molecular complexity index is 3090. The maximum Gasteiger partial charge on any atom is 0.333 e. The van der Waals surface area contributed by atoms with Crippen molar-refractivity contribution in [3.05, 3.63) is 200 Å². The van der Waals surface area contributed by atoms with E-state index in [1.165, 1.54) is 105 Å². The van der Waals surface area contributed by atoms with Crippen LogP contribution in [0.4, 0.5) is 11.4 Å². The van der Waals surface area contributed by atoms with Gasteiger partial charge in [-0.25, -0.2) is 0 Å². The number of para-hydroxylation sites is 3. The zero-order chi connectivity index (χ0) is 36.0. The predicted molar refractivity (Wildman–Crippen MR) is 234 cm³/mol. The molecule has 0 fully saturated rings. The fourth-order valence-corrected chi connectivity index (χ4v) is 9.63. The van der Waals surface area contributed by atoms with Gasteiger partial charge in [-0.15, -0.1) is 0 Å². The third-order valence-electron chi connectivity index (χ3n) is 11.9. The molecule has 0 saturated carbocycles. The molecule has 0 bridgehead atoms. The average molecular weight is 697 g/mol. The van der Waals surface area contributed by atoms with Crippen LogP contribution in [0.3, 0.4) is 0 Å². The van der Waals surface area contributed by atoms with E-state index < -0.39 is 0 Å². The maximum atomic E-state index is 2.58. The summed E-state index contributed by atoms with van der Waals surface area (Å²) in [6.07, 6.45) is 0. The Labute approximate surface area is 320 Å². The van der Waals surface area contributed by atoms with Gasteiger partial charge in [0.2, 0.25) is 0 Å². The summed E-state index contributed by atoms with van der Waals surface area (Å²) in [4.78, 5) is 2.58. The van der Waals surface area contributed by atoms with Crippen LogP contribution in [0.15, 0.2) is 200 Å². The minimum atomic E-state index is -0.0151. The number of fused-ring (bicyclic) bond motifs is 10. The molecule has 1 aromatic heterocycles. The molecule has 3 heterocycles. The van der Waals surface area contributed by atoms with Crippen molar-refractivity contribution < 1.29 is 0 Å². The first-order chi connectivity index (χ1) is 27.3. The number of anilines is 2. The Morgan fingerprint density at radius 1 is 0.382 bits per heavy atom. The first-order valence-corrected chi connectivity index (χ1v) is 19.1. The minimum absolute atomic E-state index is 0.0151. The molecule has 55 heavy (non-hydrogen) atoms. The summed E-state index contributed by atoms with van der Waals surface area (Å²) >= 11 is 0. The van der Waals surface area contributed by atoms with Gasteiger partial charge in [0.15, 0.2) is 0 Å². The summed E-state index contributed by atoms with van der Waals surface area (Å²) in [5.41, 5.74) is 18.7. The second-order valence-electron chi connectivity index (χ2n) is 14.8. The van der Waals surface area contributed by atoms with E-state index in [9.17, 15) is 0 Å². The average Bonchev–Trinajstić information content (AvgIpc) is 3.63.